The van der Waals surface area contributed by atoms with Crippen molar-refractivity contribution in [2.24, 2.45) is 5.92 Å². The number of nitrogens with one attached hydrogen (secondary N) is 1. The zero-order valence-corrected chi connectivity index (χ0v) is 11.7. The van der Waals surface area contributed by atoms with Crippen LogP contribution in [-0.2, 0) is 4.79 Å². The Hall–Kier alpha value is -1.36. The van der Waals surface area contributed by atoms with Gasteiger partial charge in [0.05, 0.1) is 0 Å². The van der Waals surface area contributed by atoms with Gasteiger partial charge in [0.15, 0.2) is 0 Å². The molecule has 0 aromatic heterocycles. The van der Waals surface area contributed by atoms with Crippen molar-refractivity contribution in [2.45, 2.75) is 19.8 Å². The maximum absolute atomic E-state index is 11.8. The molecule has 0 aliphatic rings. The second-order valence-electron chi connectivity index (χ2n) is 4.25. The lowest BCUT2D eigenvalue weighted by atomic mass is 10.1. The molecule has 0 fully saturated rings. The first-order chi connectivity index (χ1) is 8.49. The number of carbonyl (C=O) groups is 2. The molecule has 1 unspecified atom stereocenters. The van der Waals surface area contributed by atoms with Crippen LogP contribution >= 0.6 is 15.9 Å². The standard InChI is InChI=1S/C13H16BrNO3/c1-9(2-7-12(16)17)8-15-13(18)10-3-5-11(14)6-4-10/h3-6,9H,2,7-8H2,1H3,(H,15,18)(H,16,17). The summed E-state index contributed by atoms with van der Waals surface area (Å²) in [5.74, 6) is -0.786. The number of carboxylic acid groups (broad SMARTS) is 1. The molecule has 0 saturated carbocycles. The zero-order valence-electron chi connectivity index (χ0n) is 10.1. The van der Waals surface area contributed by atoms with Crippen molar-refractivity contribution in [3.05, 3.63) is 34.3 Å². The molecule has 0 spiro atoms. The van der Waals surface area contributed by atoms with E-state index in [0.717, 1.165) is 4.47 Å². The molecule has 1 amide bonds. The largest absolute Gasteiger partial charge is 0.481 e. The fourth-order valence-electron chi connectivity index (χ4n) is 1.44. The Bertz CT molecular complexity index is 417. The number of aliphatic carboxylic acids is 1. The van der Waals surface area contributed by atoms with Gasteiger partial charge in [0.1, 0.15) is 0 Å². The molecule has 2 N–H and O–H groups in total. The summed E-state index contributed by atoms with van der Waals surface area (Å²) in [6.07, 6.45) is 0.700. The van der Waals surface area contributed by atoms with Crippen LogP contribution < -0.4 is 5.32 Å². The highest BCUT2D eigenvalue weighted by molar-refractivity contribution is 9.10. The summed E-state index contributed by atoms with van der Waals surface area (Å²) in [6.45, 7) is 2.41. The first-order valence-electron chi connectivity index (χ1n) is 5.74. The van der Waals surface area contributed by atoms with E-state index in [2.05, 4.69) is 21.2 Å². The van der Waals surface area contributed by atoms with Crippen molar-refractivity contribution in [3.63, 3.8) is 0 Å². The molecule has 1 atom stereocenters. The normalized spacial score (nSPS) is 11.9. The Kier molecular flexibility index (Phi) is 5.85. The molecule has 5 heteroatoms. The minimum atomic E-state index is -0.805. The van der Waals surface area contributed by atoms with Gasteiger partial charge in [-0.15, -0.1) is 0 Å². The Morgan fingerprint density at radius 3 is 2.50 bits per heavy atom. The van der Waals surface area contributed by atoms with Crippen molar-refractivity contribution >= 4 is 27.8 Å². The highest BCUT2D eigenvalue weighted by atomic mass is 79.9. The molecule has 0 aliphatic carbocycles. The average molecular weight is 314 g/mol. The van der Waals surface area contributed by atoms with E-state index in [1.807, 2.05) is 19.1 Å². The maximum atomic E-state index is 11.8. The van der Waals surface area contributed by atoms with Gasteiger partial charge in [0.25, 0.3) is 5.91 Å². The van der Waals surface area contributed by atoms with Gasteiger partial charge >= 0.3 is 5.97 Å². The molecule has 4 nitrogen and oxygen atoms in total. The lowest BCUT2D eigenvalue weighted by Gasteiger charge is -2.11. The lowest BCUT2D eigenvalue weighted by molar-refractivity contribution is -0.137. The van der Waals surface area contributed by atoms with Crippen molar-refractivity contribution in [3.8, 4) is 0 Å². The van der Waals surface area contributed by atoms with Crippen LogP contribution in [0.5, 0.6) is 0 Å². The third kappa shape index (κ3) is 5.31. The summed E-state index contributed by atoms with van der Waals surface area (Å²) in [5, 5.41) is 11.3. The first-order valence-corrected chi connectivity index (χ1v) is 6.54. The van der Waals surface area contributed by atoms with Gasteiger partial charge in [-0.2, -0.15) is 0 Å². The number of hydrogen-bond acceptors (Lipinski definition) is 2. The minimum Gasteiger partial charge on any atom is -0.481 e. The number of carboxylic acids is 1. The van der Waals surface area contributed by atoms with Crippen LogP contribution in [-0.4, -0.2) is 23.5 Å². The van der Waals surface area contributed by atoms with E-state index in [9.17, 15) is 9.59 Å². The van der Waals surface area contributed by atoms with Gasteiger partial charge in [0.2, 0.25) is 0 Å². The second-order valence-corrected chi connectivity index (χ2v) is 5.17. The summed E-state index contributed by atoms with van der Waals surface area (Å²) < 4.78 is 0.925. The van der Waals surface area contributed by atoms with E-state index in [1.54, 1.807) is 12.1 Å². The van der Waals surface area contributed by atoms with Crippen LogP contribution in [0, 0.1) is 5.92 Å². The minimum absolute atomic E-state index is 0.134. The Morgan fingerprint density at radius 1 is 1.33 bits per heavy atom. The highest BCUT2D eigenvalue weighted by Gasteiger charge is 2.09. The quantitative estimate of drug-likeness (QED) is 0.848. The molecule has 18 heavy (non-hydrogen) atoms. The third-order valence-electron chi connectivity index (χ3n) is 2.57. The van der Waals surface area contributed by atoms with Crippen LogP contribution in [0.25, 0.3) is 0 Å². The monoisotopic (exact) mass is 313 g/mol. The maximum Gasteiger partial charge on any atom is 0.303 e. The van der Waals surface area contributed by atoms with Crippen molar-refractivity contribution in [2.75, 3.05) is 6.54 Å². The topological polar surface area (TPSA) is 66.4 Å². The second kappa shape index (κ2) is 7.16. The fraction of sp³-hybridized carbons (Fsp3) is 0.385. The molecule has 0 heterocycles. The molecule has 98 valence electrons. The van der Waals surface area contributed by atoms with E-state index in [1.165, 1.54) is 0 Å². The van der Waals surface area contributed by atoms with E-state index in [-0.39, 0.29) is 18.2 Å². The van der Waals surface area contributed by atoms with Gasteiger partial charge in [-0.25, -0.2) is 0 Å². The molecular weight excluding hydrogens is 298 g/mol. The van der Waals surface area contributed by atoms with Gasteiger partial charge in [-0.3, -0.25) is 9.59 Å². The number of benzene rings is 1. The van der Waals surface area contributed by atoms with Crippen molar-refractivity contribution in [1.82, 2.24) is 5.32 Å². The number of hydrogen-bond donors (Lipinski definition) is 2. The number of halogens is 1. The van der Waals surface area contributed by atoms with Crippen LogP contribution in [0.2, 0.25) is 0 Å². The summed E-state index contributed by atoms with van der Waals surface area (Å²) in [4.78, 5) is 22.2. The molecule has 1 aromatic rings. The predicted molar refractivity (Wildman–Crippen MR) is 72.5 cm³/mol. The molecule has 0 radical (unpaired) electrons. The zero-order chi connectivity index (χ0) is 13.5. The van der Waals surface area contributed by atoms with E-state index < -0.39 is 5.97 Å². The third-order valence-corrected chi connectivity index (χ3v) is 3.10. The van der Waals surface area contributed by atoms with E-state index in [0.29, 0.717) is 18.5 Å². The number of rotatable bonds is 6. The average Bonchev–Trinajstić information content (AvgIpc) is 2.34. The summed E-state index contributed by atoms with van der Waals surface area (Å²) in [6, 6.07) is 7.09. The molecular formula is C13H16BrNO3. The van der Waals surface area contributed by atoms with Gasteiger partial charge in [-0.1, -0.05) is 22.9 Å². The van der Waals surface area contributed by atoms with Crippen molar-refractivity contribution in [1.29, 1.82) is 0 Å². The smallest absolute Gasteiger partial charge is 0.303 e. The van der Waals surface area contributed by atoms with E-state index >= 15 is 0 Å². The predicted octanol–water partition coefficient (Wildman–Crippen LogP) is 2.68. The summed E-state index contributed by atoms with van der Waals surface area (Å²) in [7, 11) is 0. The Morgan fingerprint density at radius 2 is 1.94 bits per heavy atom. The molecule has 0 aliphatic heterocycles. The van der Waals surface area contributed by atoms with Gasteiger partial charge < -0.3 is 10.4 Å². The Labute approximate surface area is 115 Å². The number of carbonyl (C=O) groups excluding carboxylic acids is 1. The Balaban J connectivity index is 2.36. The highest BCUT2D eigenvalue weighted by Crippen LogP contribution is 2.10. The van der Waals surface area contributed by atoms with Crippen LogP contribution in [0.3, 0.4) is 0 Å². The van der Waals surface area contributed by atoms with Crippen LogP contribution in [0.4, 0.5) is 0 Å². The molecule has 1 aromatic carbocycles. The van der Waals surface area contributed by atoms with Crippen molar-refractivity contribution < 1.29 is 14.7 Å². The first kappa shape index (κ1) is 14.7. The summed E-state index contributed by atoms with van der Waals surface area (Å²) >= 11 is 3.30. The summed E-state index contributed by atoms with van der Waals surface area (Å²) in [5.41, 5.74) is 0.601. The van der Waals surface area contributed by atoms with Crippen LogP contribution in [0.1, 0.15) is 30.1 Å². The lowest BCUT2D eigenvalue weighted by Crippen LogP contribution is -2.28. The van der Waals surface area contributed by atoms with E-state index in [4.69, 9.17) is 5.11 Å². The SMILES string of the molecule is CC(CCC(=O)O)CNC(=O)c1ccc(Br)cc1. The molecule has 0 bridgehead atoms. The number of amides is 1. The molecule has 0 saturated heterocycles. The molecule has 1 rings (SSSR count). The van der Waals surface area contributed by atoms with Gasteiger partial charge in [0, 0.05) is 23.0 Å². The van der Waals surface area contributed by atoms with Crippen LogP contribution in [0.15, 0.2) is 28.7 Å². The fourth-order valence-corrected chi connectivity index (χ4v) is 1.71. The van der Waals surface area contributed by atoms with Gasteiger partial charge in [-0.05, 0) is 36.6 Å².